The molecule has 0 saturated heterocycles. The number of halogens is 1. The molecular weight excluding hydrogens is 192 g/mol. The molecule has 70 valence electrons. The van der Waals surface area contributed by atoms with Crippen LogP contribution < -0.4 is 17.3 Å². The molecule has 0 spiro atoms. The topological polar surface area (TPSA) is 7.68 Å². The van der Waals surface area contributed by atoms with Crippen molar-refractivity contribution in [2.75, 3.05) is 13.6 Å². The second-order valence-electron chi connectivity index (χ2n) is 2.86. The van der Waals surface area contributed by atoms with Gasteiger partial charge >= 0.3 is 0 Å². The van der Waals surface area contributed by atoms with Crippen molar-refractivity contribution in [1.82, 2.24) is 4.90 Å². The molecule has 0 aromatic heterocycles. The van der Waals surface area contributed by atoms with E-state index < -0.39 is 0 Å². The molecule has 0 saturated carbocycles. The summed E-state index contributed by atoms with van der Waals surface area (Å²) in [6.07, 6.45) is 6.64. The normalized spacial score (nSPS) is 21.3. The van der Waals surface area contributed by atoms with Gasteiger partial charge in [0.2, 0.25) is 0 Å². The van der Waals surface area contributed by atoms with E-state index in [0.29, 0.717) is 0 Å². The van der Waals surface area contributed by atoms with Crippen molar-refractivity contribution in [1.29, 1.82) is 0 Å². The fourth-order valence-electron chi connectivity index (χ4n) is 1.12. The average Bonchev–Trinajstić information content (AvgIpc) is 2.31. The molecule has 1 unspecified atom stereocenters. The summed E-state index contributed by atoms with van der Waals surface area (Å²) < 4.78 is 0. The van der Waals surface area contributed by atoms with Crippen LogP contribution in [0.25, 0.3) is 0 Å². The van der Waals surface area contributed by atoms with E-state index in [9.17, 15) is 0 Å². The maximum atomic E-state index is 5.20. The van der Waals surface area contributed by atoms with Gasteiger partial charge in [-0.15, -0.1) is 0 Å². The van der Waals surface area contributed by atoms with E-state index in [1.165, 1.54) is 17.7 Å². The molecule has 0 aromatic carbocycles. The van der Waals surface area contributed by atoms with Gasteiger partial charge in [0.1, 0.15) is 6.20 Å². The van der Waals surface area contributed by atoms with Gasteiger partial charge in [0.15, 0.2) is 0 Å². The highest BCUT2D eigenvalue weighted by molar-refractivity contribution is 7.79. The van der Waals surface area contributed by atoms with Gasteiger partial charge < -0.3 is 12.4 Å². The minimum Gasteiger partial charge on any atom is -1.00 e. The van der Waals surface area contributed by atoms with E-state index in [1.807, 2.05) is 18.1 Å². The van der Waals surface area contributed by atoms with Crippen LogP contribution in [-0.4, -0.2) is 23.6 Å². The van der Waals surface area contributed by atoms with Gasteiger partial charge in [-0.1, -0.05) is 13.3 Å². The molecular formula is C8H15ClN2S. The van der Waals surface area contributed by atoms with Crippen molar-refractivity contribution >= 4 is 17.3 Å². The van der Waals surface area contributed by atoms with Crippen molar-refractivity contribution in [3.8, 4) is 0 Å². The highest BCUT2D eigenvalue weighted by Crippen LogP contribution is 1.89. The Morgan fingerprint density at radius 2 is 2.25 bits per heavy atom. The van der Waals surface area contributed by atoms with Crippen LogP contribution >= 0.6 is 12.2 Å². The monoisotopic (exact) mass is 206 g/mol. The summed E-state index contributed by atoms with van der Waals surface area (Å²) in [6, 6.07) is 0. The van der Waals surface area contributed by atoms with Crippen molar-refractivity contribution in [3.63, 3.8) is 0 Å². The van der Waals surface area contributed by atoms with Crippen molar-refractivity contribution in [2.24, 2.45) is 0 Å². The first-order chi connectivity index (χ1) is 5.25. The zero-order chi connectivity index (χ0) is 8.27. The molecule has 1 heterocycles. The predicted octanol–water partition coefficient (Wildman–Crippen LogP) is -2.62. The fourth-order valence-corrected chi connectivity index (χ4v) is 1.36. The third kappa shape index (κ3) is 2.73. The van der Waals surface area contributed by atoms with Crippen LogP contribution in [-0.2, 0) is 0 Å². The number of nitrogens with one attached hydrogen (secondary N) is 1. The van der Waals surface area contributed by atoms with Crippen molar-refractivity contribution in [3.05, 3.63) is 12.4 Å². The number of thiocarbonyl (C=S) groups is 1. The number of hydrogen-bond acceptors (Lipinski definition) is 1. The Hall–Kier alpha value is -0.120. The largest absolute Gasteiger partial charge is 1.00 e. The summed E-state index contributed by atoms with van der Waals surface area (Å²) in [5.74, 6) is 0. The highest BCUT2D eigenvalue weighted by Gasteiger charge is 2.20. The summed E-state index contributed by atoms with van der Waals surface area (Å²) in [5.41, 5.74) is 0. The molecule has 2 nitrogen and oxygen atoms in total. The van der Waals surface area contributed by atoms with Crippen LogP contribution in [0, 0.1) is 0 Å². The SMILES string of the molecule is CCCC[NH+]1C=CN(C)C1=S.[Cl-]. The Balaban J connectivity index is 0.00000121. The maximum absolute atomic E-state index is 5.20. The second kappa shape index (κ2) is 5.51. The number of hydrogen-bond donors (Lipinski definition) is 1. The molecule has 0 radical (unpaired) electrons. The number of nitrogens with zero attached hydrogens (tertiary/aromatic N) is 1. The Kier molecular flexibility index (Phi) is 5.46. The van der Waals surface area contributed by atoms with E-state index >= 15 is 0 Å². The Morgan fingerprint density at radius 3 is 2.67 bits per heavy atom. The minimum absolute atomic E-state index is 0. The molecule has 0 bridgehead atoms. The third-order valence-corrected chi connectivity index (χ3v) is 2.44. The quantitative estimate of drug-likeness (QED) is 0.506. The van der Waals surface area contributed by atoms with Crippen molar-refractivity contribution in [2.45, 2.75) is 19.8 Å². The first kappa shape index (κ1) is 11.9. The lowest BCUT2D eigenvalue weighted by molar-refractivity contribution is -0.744. The van der Waals surface area contributed by atoms with Crippen LogP contribution in [0.1, 0.15) is 19.8 Å². The predicted molar refractivity (Wildman–Crippen MR) is 50.2 cm³/mol. The molecule has 4 heteroatoms. The molecule has 1 aliphatic heterocycles. The third-order valence-electron chi connectivity index (χ3n) is 1.89. The molecule has 0 amide bonds. The van der Waals surface area contributed by atoms with Gasteiger partial charge in [-0.3, -0.25) is 9.80 Å². The zero-order valence-corrected chi connectivity index (χ0v) is 9.08. The van der Waals surface area contributed by atoms with E-state index in [2.05, 4.69) is 13.1 Å². The summed E-state index contributed by atoms with van der Waals surface area (Å²) >= 11 is 5.20. The lowest BCUT2D eigenvalue weighted by Crippen LogP contribution is -3.09. The summed E-state index contributed by atoms with van der Waals surface area (Å²) in [7, 11) is 2.00. The smallest absolute Gasteiger partial charge is 0.279 e. The molecule has 1 aliphatic rings. The first-order valence-electron chi connectivity index (χ1n) is 4.07. The lowest BCUT2D eigenvalue weighted by Gasteiger charge is -2.11. The summed E-state index contributed by atoms with van der Waals surface area (Å²) in [5, 5.41) is 0.999. The second-order valence-corrected chi connectivity index (χ2v) is 3.25. The van der Waals surface area contributed by atoms with E-state index in [4.69, 9.17) is 12.2 Å². The maximum Gasteiger partial charge on any atom is 0.279 e. The lowest BCUT2D eigenvalue weighted by atomic mass is 10.3. The average molecular weight is 207 g/mol. The highest BCUT2D eigenvalue weighted by atomic mass is 35.5. The number of unbranched alkanes of at least 4 members (excludes halogenated alkanes) is 1. The molecule has 1 N–H and O–H groups in total. The van der Waals surface area contributed by atoms with E-state index in [1.54, 1.807) is 0 Å². The van der Waals surface area contributed by atoms with Crippen LogP contribution in [0.3, 0.4) is 0 Å². The Morgan fingerprint density at radius 1 is 1.58 bits per heavy atom. The molecule has 0 aromatic rings. The van der Waals surface area contributed by atoms with Crippen LogP contribution in [0.2, 0.25) is 0 Å². The molecule has 1 atom stereocenters. The van der Waals surface area contributed by atoms with Gasteiger partial charge in [-0.2, -0.15) is 0 Å². The van der Waals surface area contributed by atoms with Gasteiger partial charge in [0.05, 0.1) is 12.7 Å². The van der Waals surface area contributed by atoms with Crippen LogP contribution in [0.4, 0.5) is 0 Å². The zero-order valence-electron chi connectivity index (χ0n) is 7.51. The molecule has 0 fully saturated rings. The fraction of sp³-hybridized carbons (Fsp3) is 0.625. The van der Waals surface area contributed by atoms with E-state index in [-0.39, 0.29) is 12.4 Å². The molecule has 12 heavy (non-hydrogen) atoms. The summed E-state index contributed by atoms with van der Waals surface area (Å²) in [4.78, 5) is 3.32. The van der Waals surface area contributed by atoms with Crippen LogP contribution in [0.5, 0.6) is 0 Å². The van der Waals surface area contributed by atoms with Crippen molar-refractivity contribution < 1.29 is 17.3 Å². The van der Waals surface area contributed by atoms with E-state index in [0.717, 1.165) is 11.7 Å². The number of quaternary nitrogens is 1. The van der Waals surface area contributed by atoms with Gasteiger partial charge in [-0.05, 0) is 6.42 Å². The first-order valence-corrected chi connectivity index (χ1v) is 4.47. The Bertz CT molecular complexity index is 182. The standard InChI is InChI=1S/C8H14N2S.ClH/c1-3-4-5-10-7-6-9(2)8(10)11;/h6-7H,3-5H2,1-2H3;1H. The van der Waals surface area contributed by atoms with Gasteiger partial charge in [-0.25, -0.2) is 0 Å². The molecule has 1 rings (SSSR count). The van der Waals surface area contributed by atoms with Crippen LogP contribution in [0.15, 0.2) is 12.4 Å². The summed E-state index contributed by atoms with van der Waals surface area (Å²) in [6.45, 7) is 3.34. The molecule has 0 aliphatic carbocycles. The minimum atomic E-state index is 0. The number of rotatable bonds is 3. The van der Waals surface area contributed by atoms with Gasteiger partial charge in [0, 0.05) is 19.3 Å². The Labute approximate surface area is 85.6 Å². The van der Waals surface area contributed by atoms with Gasteiger partial charge in [0.25, 0.3) is 5.11 Å².